The number of nitrogens with one attached hydrogen (secondary N) is 1. The van der Waals surface area contributed by atoms with Crippen LogP contribution in [0.1, 0.15) is 57.9 Å². The SMILES string of the molecule is CC(C)N(Cc1ccccc1)c1nncc(NC2CCCCCC2)n1. The minimum absolute atomic E-state index is 0.301. The molecule has 1 aliphatic carbocycles. The average Bonchev–Trinajstić information content (AvgIpc) is 2.89. The molecule has 1 saturated carbocycles. The van der Waals surface area contributed by atoms with E-state index in [0.717, 1.165) is 12.4 Å². The number of hydrogen-bond acceptors (Lipinski definition) is 5. The van der Waals surface area contributed by atoms with Crippen LogP contribution in [0.15, 0.2) is 36.5 Å². The van der Waals surface area contributed by atoms with Gasteiger partial charge in [-0.2, -0.15) is 10.1 Å². The molecule has 3 rings (SSSR count). The fourth-order valence-corrected chi connectivity index (χ4v) is 3.38. The number of nitrogens with zero attached hydrogens (tertiary/aromatic N) is 4. The lowest BCUT2D eigenvalue weighted by atomic mass is 10.1. The quantitative estimate of drug-likeness (QED) is 0.790. The molecule has 0 amide bonds. The molecule has 0 bridgehead atoms. The fraction of sp³-hybridized carbons (Fsp3) is 0.550. The summed E-state index contributed by atoms with van der Waals surface area (Å²) < 4.78 is 0. The van der Waals surface area contributed by atoms with Gasteiger partial charge < -0.3 is 10.2 Å². The van der Waals surface area contributed by atoms with Crippen molar-refractivity contribution >= 4 is 11.8 Å². The number of benzene rings is 1. The van der Waals surface area contributed by atoms with Gasteiger partial charge in [-0.15, -0.1) is 5.10 Å². The van der Waals surface area contributed by atoms with Crippen LogP contribution in [0.2, 0.25) is 0 Å². The molecular formula is C20H29N5. The smallest absolute Gasteiger partial charge is 0.247 e. The summed E-state index contributed by atoms with van der Waals surface area (Å²) in [5, 5.41) is 12.1. The summed E-state index contributed by atoms with van der Waals surface area (Å²) in [4.78, 5) is 6.95. The number of rotatable bonds is 6. The normalized spacial score (nSPS) is 15.8. The Morgan fingerprint density at radius 2 is 1.80 bits per heavy atom. The third-order valence-electron chi connectivity index (χ3n) is 4.83. The maximum atomic E-state index is 4.76. The summed E-state index contributed by atoms with van der Waals surface area (Å²) in [7, 11) is 0. The van der Waals surface area contributed by atoms with Crippen molar-refractivity contribution in [3.8, 4) is 0 Å². The monoisotopic (exact) mass is 339 g/mol. The van der Waals surface area contributed by atoms with E-state index in [1.54, 1.807) is 6.20 Å². The molecule has 5 heteroatoms. The van der Waals surface area contributed by atoms with Crippen molar-refractivity contribution in [2.24, 2.45) is 0 Å². The summed E-state index contributed by atoms with van der Waals surface area (Å²) in [6.07, 6.45) is 9.49. The Kier molecular flexibility index (Phi) is 6.20. The van der Waals surface area contributed by atoms with Crippen molar-refractivity contribution in [3.05, 3.63) is 42.1 Å². The second-order valence-corrected chi connectivity index (χ2v) is 7.18. The lowest BCUT2D eigenvalue weighted by Crippen LogP contribution is -2.32. The van der Waals surface area contributed by atoms with Crippen LogP contribution in [-0.4, -0.2) is 27.3 Å². The van der Waals surface area contributed by atoms with E-state index in [1.165, 1.54) is 44.1 Å². The van der Waals surface area contributed by atoms with E-state index in [0.29, 0.717) is 18.0 Å². The van der Waals surface area contributed by atoms with Gasteiger partial charge in [0.25, 0.3) is 0 Å². The van der Waals surface area contributed by atoms with E-state index in [1.807, 2.05) is 6.07 Å². The second kappa shape index (κ2) is 8.79. The molecule has 1 heterocycles. The molecule has 1 aliphatic rings. The van der Waals surface area contributed by atoms with E-state index >= 15 is 0 Å². The first-order valence-electron chi connectivity index (χ1n) is 9.49. The first-order valence-corrected chi connectivity index (χ1v) is 9.49. The van der Waals surface area contributed by atoms with E-state index in [-0.39, 0.29) is 0 Å². The molecule has 0 atom stereocenters. The van der Waals surface area contributed by atoms with Crippen LogP contribution in [0.5, 0.6) is 0 Å². The molecule has 1 aromatic carbocycles. The molecule has 1 fully saturated rings. The van der Waals surface area contributed by atoms with Crippen molar-refractivity contribution in [1.29, 1.82) is 0 Å². The number of anilines is 2. The Balaban J connectivity index is 1.73. The molecule has 1 N–H and O–H groups in total. The van der Waals surface area contributed by atoms with Crippen LogP contribution in [-0.2, 0) is 6.54 Å². The van der Waals surface area contributed by atoms with Gasteiger partial charge in [0.05, 0.1) is 6.20 Å². The van der Waals surface area contributed by atoms with Crippen LogP contribution in [0, 0.1) is 0 Å². The third kappa shape index (κ3) is 5.15. The zero-order valence-electron chi connectivity index (χ0n) is 15.4. The van der Waals surface area contributed by atoms with Gasteiger partial charge in [0.2, 0.25) is 5.95 Å². The van der Waals surface area contributed by atoms with E-state index in [4.69, 9.17) is 4.98 Å². The lowest BCUT2D eigenvalue weighted by molar-refractivity contribution is 0.613. The van der Waals surface area contributed by atoms with Gasteiger partial charge in [-0.1, -0.05) is 56.0 Å². The van der Waals surface area contributed by atoms with Crippen LogP contribution in [0.25, 0.3) is 0 Å². The zero-order valence-corrected chi connectivity index (χ0v) is 15.4. The molecule has 0 radical (unpaired) electrons. The fourth-order valence-electron chi connectivity index (χ4n) is 3.38. The van der Waals surface area contributed by atoms with E-state index in [2.05, 4.69) is 58.5 Å². The topological polar surface area (TPSA) is 53.9 Å². The largest absolute Gasteiger partial charge is 0.366 e. The predicted molar refractivity (Wildman–Crippen MR) is 103 cm³/mol. The molecule has 2 aromatic rings. The summed E-state index contributed by atoms with van der Waals surface area (Å²) in [6.45, 7) is 5.11. The van der Waals surface area contributed by atoms with Gasteiger partial charge in [0, 0.05) is 18.6 Å². The summed E-state index contributed by atoms with van der Waals surface area (Å²) >= 11 is 0. The Morgan fingerprint density at radius 3 is 2.48 bits per heavy atom. The van der Waals surface area contributed by atoms with Gasteiger partial charge >= 0.3 is 0 Å². The van der Waals surface area contributed by atoms with Crippen molar-refractivity contribution in [2.75, 3.05) is 10.2 Å². The Hall–Kier alpha value is -2.17. The summed E-state index contributed by atoms with van der Waals surface area (Å²) in [6, 6.07) is 11.3. The highest BCUT2D eigenvalue weighted by Crippen LogP contribution is 2.21. The highest BCUT2D eigenvalue weighted by Gasteiger charge is 2.17. The molecular weight excluding hydrogens is 310 g/mol. The van der Waals surface area contributed by atoms with Crippen molar-refractivity contribution < 1.29 is 0 Å². The Morgan fingerprint density at radius 1 is 1.08 bits per heavy atom. The van der Waals surface area contributed by atoms with Gasteiger partial charge in [-0.3, -0.25) is 0 Å². The van der Waals surface area contributed by atoms with Crippen LogP contribution in [0.3, 0.4) is 0 Å². The van der Waals surface area contributed by atoms with Crippen molar-refractivity contribution in [1.82, 2.24) is 15.2 Å². The van der Waals surface area contributed by atoms with Gasteiger partial charge in [0.15, 0.2) is 5.82 Å². The van der Waals surface area contributed by atoms with Crippen molar-refractivity contribution in [2.45, 2.75) is 71.0 Å². The van der Waals surface area contributed by atoms with Gasteiger partial charge in [-0.25, -0.2) is 0 Å². The second-order valence-electron chi connectivity index (χ2n) is 7.18. The predicted octanol–water partition coefficient (Wildman–Crippen LogP) is 4.42. The van der Waals surface area contributed by atoms with Gasteiger partial charge in [0.1, 0.15) is 0 Å². The van der Waals surface area contributed by atoms with Crippen LogP contribution < -0.4 is 10.2 Å². The first-order chi connectivity index (χ1) is 12.2. The summed E-state index contributed by atoms with van der Waals surface area (Å²) in [5.41, 5.74) is 1.25. The molecule has 0 unspecified atom stereocenters. The molecule has 25 heavy (non-hydrogen) atoms. The average molecular weight is 339 g/mol. The molecule has 0 spiro atoms. The van der Waals surface area contributed by atoms with Crippen LogP contribution in [0.4, 0.5) is 11.8 Å². The maximum absolute atomic E-state index is 4.76. The Bertz CT molecular complexity index is 636. The molecule has 0 saturated heterocycles. The van der Waals surface area contributed by atoms with Crippen LogP contribution >= 0.6 is 0 Å². The summed E-state index contributed by atoms with van der Waals surface area (Å²) in [5.74, 6) is 1.54. The maximum Gasteiger partial charge on any atom is 0.247 e. The van der Waals surface area contributed by atoms with E-state index < -0.39 is 0 Å². The molecule has 0 aliphatic heterocycles. The van der Waals surface area contributed by atoms with Gasteiger partial charge in [-0.05, 0) is 32.3 Å². The highest BCUT2D eigenvalue weighted by molar-refractivity contribution is 5.41. The van der Waals surface area contributed by atoms with Crippen molar-refractivity contribution in [3.63, 3.8) is 0 Å². The highest BCUT2D eigenvalue weighted by atomic mass is 15.3. The Labute approximate surface area is 150 Å². The molecule has 5 nitrogen and oxygen atoms in total. The number of aromatic nitrogens is 3. The minimum atomic E-state index is 0.301. The molecule has 1 aromatic heterocycles. The number of hydrogen-bond donors (Lipinski definition) is 1. The first kappa shape index (κ1) is 17.6. The lowest BCUT2D eigenvalue weighted by Gasteiger charge is -2.27. The zero-order chi connectivity index (χ0) is 17.5. The van der Waals surface area contributed by atoms with E-state index in [9.17, 15) is 0 Å². The molecule has 134 valence electrons. The third-order valence-corrected chi connectivity index (χ3v) is 4.83. The minimum Gasteiger partial charge on any atom is -0.366 e. The standard InChI is InChI=1S/C20H29N5/c1-16(2)25(15-17-10-6-5-7-11-17)20-23-19(14-21-24-20)22-18-12-8-3-4-9-13-18/h5-7,10-11,14,16,18H,3-4,8-9,12-13,15H2,1-2H3,(H,22,23,24).